The minimum absolute atomic E-state index is 0.111. The van der Waals surface area contributed by atoms with E-state index in [0.717, 1.165) is 22.2 Å². The van der Waals surface area contributed by atoms with Gasteiger partial charge < -0.3 is 8.83 Å². The van der Waals surface area contributed by atoms with Crippen LogP contribution >= 0.6 is 11.8 Å². The molecular weight excluding hydrogens is 464 g/mol. The van der Waals surface area contributed by atoms with Crippen LogP contribution in [0, 0.1) is 6.92 Å². The summed E-state index contributed by atoms with van der Waals surface area (Å²) in [5.74, 6) is 1.25. The van der Waals surface area contributed by atoms with Crippen molar-refractivity contribution in [1.82, 2.24) is 25.2 Å². The summed E-state index contributed by atoms with van der Waals surface area (Å²) in [7, 11) is 0. The summed E-state index contributed by atoms with van der Waals surface area (Å²) in [6, 6.07) is 20.9. The molecule has 10 heteroatoms. The summed E-state index contributed by atoms with van der Waals surface area (Å²) in [4.78, 5) is 13.3. The Morgan fingerprint density at radius 1 is 1.11 bits per heavy atom. The number of fused-ring (bicyclic) bond motifs is 1. The fourth-order valence-corrected chi connectivity index (χ4v) is 4.77. The van der Waals surface area contributed by atoms with Crippen molar-refractivity contribution in [3.63, 3.8) is 0 Å². The van der Waals surface area contributed by atoms with Crippen LogP contribution in [-0.4, -0.2) is 42.6 Å². The molecule has 0 N–H and O–H groups in total. The Hall–Kier alpha value is -4.18. The van der Waals surface area contributed by atoms with E-state index in [1.807, 2.05) is 73.7 Å². The summed E-state index contributed by atoms with van der Waals surface area (Å²) in [5, 5.41) is 19.6. The first-order valence-electron chi connectivity index (χ1n) is 11.1. The molecule has 0 saturated carbocycles. The molecule has 35 heavy (non-hydrogen) atoms. The summed E-state index contributed by atoms with van der Waals surface area (Å²) < 4.78 is 13.3. The van der Waals surface area contributed by atoms with E-state index in [2.05, 4.69) is 20.6 Å². The van der Waals surface area contributed by atoms with Gasteiger partial charge in [0.25, 0.3) is 5.91 Å². The largest absolute Gasteiger partial charge is 0.467 e. The summed E-state index contributed by atoms with van der Waals surface area (Å²) in [6.07, 6.45) is 2.09. The first kappa shape index (κ1) is 21.4. The summed E-state index contributed by atoms with van der Waals surface area (Å²) >= 11 is 1.26. The molecule has 0 fully saturated rings. The van der Waals surface area contributed by atoms with Crippen LogP contribution in [0.3, 0.4) is 0 Å². The van der Waals surface area contributed by atoms with E-state index in [1.54, 1.807) is 10.9 Å². The van der Waals surface area contributed by atoms with Gasteiger partial charge in [-0.25, -0.2) is 5.01 Å². The highest BCUT2D eigenvalue weighted by Gasteiger charge is 2.36. The van der Waals surface area contributed by atoms with Crippen LogP contribution in [0.2, 0.25) is 0 Å². The Kier molecular flexibility index (Phi) is 5.42. The second kappa shape index (κ2) is 8.88. The second-order valence-electron chi connectivity index (χ2n) is 8.17. The third kappa shape index (κ3) is 4.12. The number of hydrazone groups is 1. The molecule has 0 bridgehead atoms. The van der Waals surface area contributed by atoms with Crippen molar-refractivity contribution in [3.8, 4) is 5.69 Å². The molecule has 1 aliphatic heterocycles. The Bertz CT molecular complexity index is 1490. The van der Waals surface area contributed by atoms with Gasteiger partial charge in [-0.15, -0.1) is 5.10 Å². The number of carbonyl (C=O) groups is 1. The van der Waals surface area contributed by atoms with E-state index >= 15 is 0 Å². The van der Waals surface area contributed by atoms with Crippen molar-refractivity contribution in [3.05, 3.63) is 90.1 Å². The average molecular weight is 485 g/mol. The zero-order valence-corrected chi connectivity index (χ0v) is 19.6. The molecule has 174 valence electrons. The number of carbonyl (C=O) groups excluding carboxylic acids is 1. The van der Waals surface area contributed by atoms with E-state index in [4.69, 9.17) is 8.83 Å². The standard InChI is InChI=1S/C25H20N6O3S/c1-16-8-10-18(11-9-16)30-25(26-28-29-30)35-15-24(32)31-20(22-7-4-12-33-22)14-19(27-31)23-13-17-5-2-3-6-21(17)34-23/h2-13,20H,14-15H2,1H3. The maximum absolute atomic E-state index is 13.3. The SMILES string of the molecule is Cc1ccc(-n2nnnc2SCC(=O)N2N=C(c3cc4ccccc4o3)CC2c2ccco2)cc1. The minimum atomic E-state index is -0.352. The molecule has 3 aromatic heterocycles. The Morgan fingerprint density at radius 3 is 2.77 bits per heavy atom. The van der Waals surface area contributed by atoms with Crippen molar-refractivity contribution >= 4 is 34.3 Å². The number of furan rings is 2. The number of aromatic nitrogens is 4. The van der Waals surface area contributed by atoms with Crippen molar-refractivity contribution in [2.45, 2.75) is 24.5 Å². The van der Waals surface area contributed by atoms with Crippen LogP contribution in [0.5, 0.6) is 0 Å². The van der Waals surface area contributed by atoms with E-state index in [1.165, 1.54) is 16.8 Å². The second-order valence-corrected chi connectivity index (χ2v) is 9.11. The number of tetrazole rings is 1. The molecule has 0 saturated heterocycles. The topological polar surface area (TPSA) is 103 Å². The highest BCUT2D eigenvalue weighted by atomic mass is 32.2. The molecule has 4 heterocycles. The molecular formula is C25H20N6O3S. The first-order chi connectivity index (χ1) is 17.2. The Balaban J connectivity index is 1.25. The van der Waals surface area contributed by atoms with E-state index in [9.17, 15) is 4.79 Å². The van der Waals surface area contributed by atoms with E-state index in [0.29, 0.717) is 28.8 Å². The Labute approximate surface area is 204 Å². The molecule has 2 aromatic carbocycles. The maximum Gasteiger partial charge on any atom is 0.253 e. The zero-order chi connectivity index (χ0) is 23.8. The monoisotopic (exact) mass is 484 g/mol. The van der Waals surface area contributed by atoms with Crippen molar-refractivity contribution in [2.75, 3.05) is 5.75 Å². The predicted molar refractivity (Wildman–Crippen MR) is 130 cm³/mol. The lowest BCUT2D eigenvalue weighted by Crippen LogP contribution is -2.28. The lowest BCUT2D eigenvalue weighted by atomic mass is 10.1. The maximum atomic E-state index is 13.3. The fraction of sp³-hybridized carbons (Fsp3) is 0.160. The van der Waals surface area contributed by atoms with Crippen LogP contribution in [0.1, 0.15) is 29.5 Å². The molecule has 1 aliphatic rings. The highest BCUT2D eigenvalue weighted by Crippen LogP contribution is 2.35. The molecule has 6 rings (SSSR count). The van der Waals surface area contributed by atoms with Gasteiger partial charge in [0.05, 0.1) is 17.7 Å². The number of amides is 1. The molecule has 1 amide bonds. The van der Waals surface area contributed by atoms with Gasteiger partial charge in [0.15, 0.2) is 5.76 Å². The van der Waals surface area contributed by atoms with Crippen LogP contribution < -0.4 is 0 Å². The van der Waals surface area contributed by atoms with Crippen molar-refractivity contribution in [1.29, 1.82) is 0 Å². The van der Waals surface area contributed by atoms with E-state index < -0.39 is 0 Å². The number of benzene rings is 2. The molecule has 9 nitrogen and oxygen atoms in total. The molecule has 1 unspecified atom stereocenters. The average Bonchev–Trinajstić information content (AvgIpc) is 3.67. The van der Waals surface area contributed by atoms with Crippen LogP contribution in [-0.2, 0) is 4.79 Å². The van der Waals surface area contributed by atoms with Crippen LogP contribution in [0.4, 0.5) is 0 Å². The number of rotatable bonds is 6. The van der Waals surface area contributed by atoms with Gasteiger partial charge in [0.2, 0.25) is 5.16 Å². The highest BCUT2D eigenvalue weighted by molar-refractivity contribution is 7.99. The van der Waals surface area contributed by atoms with E-state index in [-0.39, 0.29) is 17.7 Å². The molecule has 0 radical (unpaired) electrons. The molecule has 0 aliphatic carbocycles. The Morgan fingerprint density at radius 2 is 1.97 bits per heavy atom. The smallest absolute Gasteiger partial charge is 0.253 e. The van der Waals surface area contributed by atoms with Crippen LogP contribution in [0.15, 0.2) is 92.1 Å². The summed E-state index contributed by atoms with van der Waals surface area (Å²) in [5.41, 5.74) is 3.45. The number of para-hydroxylation sites is 1. The lowest BCUT2D eigenvalue weighted by molar-refractivity contribution is -0.130. The van der Waals surface area contributed by atoms with Gasteiger partial charge in [0.1, 0.15) is 23.1 Å². The van der Waals surface area contributed by atoms with Gasteiger partial charge in [-0.05, 0) is 53.7 Å². The van der Waals surface area contributed by atoms with Crippen molar-refractivity contribution in [2.24, 2.45) is 5.10 Å². The van der Waals surface area contributed by atoms with Crippen LogP contribution in [0.25, 0.3) is 16.7 Å². The normalized spacial score (nSPS) is 15.6. The molecule has 5 aromatic rings. The predicted octanol–water partition coefficient (Wildman–Crippen LogP) is 4.78. The molecule has 0 spiro atoms. The van der Waals surface area contributed by atoms with Gasteiger partial charge in [-0.3, -0.25) is 4.79 Å². The first-order valence-corrected chi connectivity index (χ1v) is 12.0. The quantitative estimate of drug-likeness (QED) is 0.320. The number of thioether (sulfide) groups is 1. The van der Waals surface area contributed by atoms with Gasteiger partial charge >= 0.3 is 0 Å². The zero-order valence-electron chi connectivity index (χ0n) is 18.7. The third-order valence-electron chi connectivity index (χ3n) is 5.79. The number of hydrogen-bond acceptors (Lipinski definition) is 8. The van der Waals surface area contributed by atoms with Crippen molar-refractivity contribution < 1.29 is 13.6 Å². The fourth-order valence-electron chi connectivity index (χ4n) is 4.03. The summed E-state index contributed by atoms with van der Waals surface area (Å²) in [6.45, 7) is 2.02. The number of hydrogen-bond donors (Lipinski definition) is 0. The number of nitrogens with zero attached hydrogens (tertiary/aromatic N) is 6. The van der Waals surface area contributed by atoms with Gasteiger partial charge in [-0.2, -0.15) is 9.78 Å². The number of aryl methyl sites for hydroxylation is 1. The lowest BCUT2D eigenvalue weighted by Gasteiger charge is -2.19. The molecule has 1 atom stereocenters. The van der Waals surface area contributed by atoms with Gasteiger partial charge in [-0.1, -0.05) is 47.7 Å². The minimum Gasteiger partial charge on any atom is -0.467 e. The third-order valence-corrected chi connectivity index (χ3v) is 6.70. The van der Waals surface area contributed by atoms with Gasteiger partial charge in [0, 0.05) is 11.8 Å².